The first kappa shape index (κ1) is 28.3. The number of rotatable bonds is 8. The van der Waals surface area contributed by atoms with E-state index in [1.165, 1.54) is 6.07 Å². The van der Waals surface area contributed by atoms with Gasteiger partial charge in [0.15, 0.2) is 0 Å². The van der Waals surface area contributed by atoms with Crippen LogP contribution in [0.25, 0.3) is 16.7 Å². The molecule has 4 aromatic rings. The summed E-state index contributed by atoms with van der Waals surface area (Å²) in [6, 6.07) is 10.8. The van der Waals surface area contributed by atoms with Crippen molar-refractivity contribution in [1.82, 2.24) is 24.4 Å². The Bertz CT molecular complexity index is 1680. The number of β-amino-alcohol motifs (C(OH)–C–C–N with tert-alkyl or cyclic N) is 1. The van der Waals surface area contributed by atoms with Crippen LogP contribution in [0, 0.1) is 5.92 Å². The molecule has 12 heteroatoms. The summed E-state index contributed by atoms with van der Waals surface area (Å²) in [5.74, 6) is 0.459. The zero-order valence-corrected chi connectivity index (χ0v) is 23.6. The second-order valence-corrected chi connectivity index (χ2v) is 11.4. The molecule has 4 heterocycles. The Morgan fingerprint density at radius 1 is 1.10 bits per heavy atom. The molecule has 1 aromatic carbocycles. The van der Waals surface area contributed by atoms with Gasteiger partial charge in [0.2, 0.25) is 0 Å². The highest BCUT2D eigenvalue weighted by Gasteiger charge is 2.28. The highest BCUT2D eigenvalue weighted by Crippen LogP contribution is 2.30. The third kappa shape index (κ3) is 5.38. The number of imidazole rings is 1. The largest absolute Gasteiger partial charge is 0.395 e. The summed E-state index contributed by atoms with van der Waals surface area (Å²) in [6.45, 7) is 1.90. The minimum Gasteiger partial charge on any atom is -0.395 e. The number of anilines is 1. The number of alkyl halides is 2. The third-order valence-electron chi connectivity index (χ3n) is 8.30. The smallest absolute Gasteiger partial charge is 0.333 e. The van der Waals surface area contributed by atoms with Crippen LogP contribution in [0.15, 0.2) is 53.6 Å². The van der Waals surface area contributed by atoms with Gasteiger partial charge in [-0.15, -0.1) is 0 Å². The molecule has 3 aromatic heterocycles. The van der Waals surface area contributed by atoms with Crippen molar-refractivity contribution >= 4 is 34.4 Å². The maximum absolute atomic E-state index is 13.8. The maximum Gasteiger partial charge on any atom is 0.333 e. The Morgan fingerprint density at radius 3 is 2.60 bits per heavy atom. The number of carbonyl (C=O) groups excluding carboxylic acids is 1. The molecular weight excluding hydrogens is 566 g/mol. The molecule has 9 nitrogen and oxygen atoms in total. The van der Waals surface area contributed by atoms with E-state index in [4.69, 9.17) is 11.6 Å². The number of fused-ring (bicyclic) bond motifs is 2. The SMILES string of the molecule is O=C(NC1CCC(Cn2c(=O)n(-c3cnc4c(c3)CCN4CCO)c3ccccc32)CC1)c1cc(Cl)cnc1C(F)F. The first-order valence-corrected chi connectivity index (χ1v) is 14.5. The number of pyridine rings is 2. The topological polar surface area (TPSA) is 105 Å². The average Bonchev–Trinajstić information content (AvgIpc) is 3.51. The Morgan fingerprint density at radius 2 is 1.86 bits per heavy atom. The number of hydrogen-bond acceptors (Lipinski definition) is 6. The van der Waals surface area contributed by atoms with Crippen LogP contribution in [0.3, 0.4) is 0 Å². The summed E-state index contributed by atoms with van der Waals surface area (Å²) in [5, 5.41) is 12.3. The first-order chi connectivity index (χ1) is 20.3. The number of carbonyl (C=O) groups is 1. The van der Waals surface area contributed by atoms with Crippen LogP contribution in [-0.4, -0.2) is 55.9 Å². The lowest BCUT2D eigenvalue weighted by molar-refractivity contribution is 0.0904. The van der Waals surface area contributed by atoms with Crippen molar-refractivity contribution in [2.24, 2.45) is 5.92 Å². The molecule has 0 bridgehead atoms. The molecule has 0 spiro atoms. The zero-order chi connectivity index (χ0) is 29.4. The Hall–Kier alpha value is -3.83. The van der Waals surface area contributed by atoms with Crippen LogP contribution in [-0.2, 0) is 13.0 Å². The first-order valence-electron chi connectivity index (χ1n) is 14.1. The van der Waals surface area contributed by atoms with Gasteiger partial charge in [0.05, 0.1) is 40.1 Å². The molecule has 0 saturated heterocycles. The highest BCUT2D eigenvalue weighted by molar-refractivity contribution is 6.30. The van der Waals surface area contributed by atoms with Crippen LogP contribution in [0.5, 0.6) is 0 Å². The van der Waals surface area contributed by atoms with Crippen LogP contribution in [0.1, 0.15) is 53.7 Å². The molecule has 1 fully saturated rings. The van der Waals surface area contributed by atoms with E-state index in [-0.39, 0.29) is 34.8 Å². The van der Waals surface area contributed by atoms with Gasteiger partial charge in [-0.1, -0.05) is 23.7 Å². The molecule has 1 saturated carbocycles. The van der Waals surface area contributed by atoms with Crippen molar-refractivity contribution in [3.8, 4) is 5.69 Å². The summed E-state index contributed by atoms with van der Waals surface area (Å²) in [4.78, 5) is 37.0. The molecule has 1 aliphatic heterocycles. The fourth-order valence-electron chi connectivity index (χ4n) is 6.23. The molecular formula is C30H31ClF2N6O3. The number of nitrogens with zero attached hydrogens (tertiary/aromatic N) is 5. The number of aromatic nitrogens is 4. The van der Waals surface area contributed by atoms with Gasteiger partial charge >= 0.3 is 5.69 Å². The number of nitrogens with one attached hydrogen (secondary N) is 1. The molecule has 1 aliphatic carbocycles. The number of benzene rings is 1. The van der Waals surface area contributed by atoms with E-state index in [1.54, 1.807) is 10.8 Å². The van der Waals surface area contributed by atoms with Gasteiger partial charge in [-0.25, -0.2) is 18.6 Å². The fraction of sp³-hybridized carbons (Fsp3) is 0.400. The lowest BCUT2D eigenvalue weighted by Gasteiger charge is -2.29. The van der Waals surface area contributed by atoms with Gasteiger partial charge in [-0.05, 0) is 67.9 Å². The van der Waals surface area contributed by atoms with E-state index in [9.17, 15) is 23.5 Å². The predicted molar refractivity (Wildman–Crippen MR) is 156 cm³/mol. The number of amides is 1. The standard InChI is InChI=1S/C30H31ClF2N6O3/c31-20-14-23(26(27(32)33)34-15-20)29(41)36-21-7-5-18(6-8-21)17-38-24-3-1-2-4-25(24)39(30(38)42)22-13-19-9-10-37(11-12-40)28(19)35-16-22/h1-4,13-16,18,21,27,40H,5-12,17H2,(H,36,41). The van der Waals surface area contributed by atoms with E-state index in [2.05, 4.69) is 15.3 Å². The summed E-state index contributed by atoms with van der Waals surface area (Å²) in [6.07, 6.45) is 3.63. The predicted octanol–water partition coefficient (Wildman–Crippen LogP) is 4.52. The molecule has 6 rings (SSSR count). The van der Waals surface area contributed by atoms with Crippen LogP contribution in [0.2, 0.25) is 5.02 Å². The number of para-hydroxylation sites is 2. The van der Waals surface area contributed by atoms with Crippen molar-refractivity contribution in [2.75, 3.05) is 24.6 Å². The van der Waals surface area contributed by atoms with Crippen LogP contribution < -0.4 is 15.9 Å². The Labute approximate surface area is 245 Å². The lowest BCUT2D eigenvalue weighted by atomic mass is 9.85. The second-order valence-electron chi connectivity index (χ2n) is 10.9. The minimum atomic E-state index is -2.88. The van der Waals surface area contributed by atoms with E-state index in [0.717, 1.165) is 54.4 Å². The zero-order valence-electron chi connectivity index (χ0n) is 22.8. The summed E-state index contributed by atoms with van der Waals surface area (Å²) < 4.78 is 30.3. The molecule has 1 amide bonds. The van der Waals surface area contributed by atoms with Gasteiger partial charge in [-0.3, -0.25) is 18.9 Å². The minimum absolute atomic E-state index is 0.0586. The quantitative estimate of drug-likeness (QED) is 0.310. The second kappa shape index (κ2) is 11.8. The van der Waals surface area contributed by atoms with Crippen molar-refractivity contribution in [2.45, 2.75) is 51.1 Å². The van der Waals surface area contributed by atoms with Crippen molar-refractivity contribution in [3.63, 3.8) is 0 Å². The normalized spacial score (nSPS) is 18.5. The number of hydrogen-bond donors (Lipinski definition) is 2. The number of aliphatic hydroxyl groups excluding tert-OH is 1. The van der Waals surface area contributed by atoms with Crippen LogP contribution >= 0.6 is 11.6 Å². The van der Waals surface area contributed by atoms with Gasteiger partial charge in [0.25, 0.3) is 12.3 Å². The average molecular weight is 597 g/mol. The molecule has 220 valence electrons. The third-order valence-corrected chi connectivity index (χ3v) is 8.51. The maximum atomic E-state index is 13.8. The highest BCUT2D eigenvalue weighted by atomic mass is 35.5. The lowest BCUT2D eigenvalue weighted by Crippen LogP contribution is -2.39. The summed E-state index contributed by atoms with van der Waals surface area (Å²) in [7, 11) is 0. The Balaban J connectivity index is 1.18. The summed E-state index contributed by atoms with van der Waals surface area (Å²) >= 11 is 5.91. The molecule has 42 heavy (non-hydrogen) atoms. The molecule has 0 atom stereocenters. The van der Waals surface area contributed by atoms with E-state index in [1.807, 2.05) is 39.8 Å². The number of halogens is 3. The van der Waals surface area contributed by atoms with Gasteiger partial charge in [0.1, 0.15) is 11.5 Å². The molecule has 0 unspecified atom stereocenters. The fourth-order valence-corrected chi connectivity index (χ4v) is 6.39. The summed E-state index contributed by atoms with van der Waals surface area (Å²) in [5.41, 5.74) is 2.49. The van der Waals surface area contributed by atoms with Crippen molar-refractivity contribution < 1.29 is 18.7 Å². The number of aliphatic hydroxyl groups is 1. The van der Waals surface area contributed by atoms with E-state index in [0.29, 0.717) is 31.6 Å². The Kier molecular flexibility index (Phi) is 7.96. The van der Waals surface area contributed by atoms with E-state index < -0.39 is 18.0 Å². The molecule has 2 aliphatic rings. The van der Waals surface area contributed by atoms with E-state index >= 15 is 0 Å². The monoisotopic (exact) mass is 596 g/mol. The van der Waals surface area contributed by atoms with Crippen molar-refractivity contribution in [3.05, 3.63) is 81.1 Å². The van der Waals surface area contributed by atoms with Gasteiger partial charge in [0, 0.05) is 31.9 Å². The molecule has 2 N–H and O–H groups in total. The van der Waals surface area contributed by atoms with Gasteiger partial charge in [-0.2, -0.15) is 0 Å². The van der Waals surface area contributed by atoms with Gasteiger partial charge < -0.3 is 15.3 Å². The molecule has 0 radical (unpaired) electrons. The van der Waals surface area contributed by atoms with Crippen LogP contribution in [0.4, 0.5) is 14.6 Å². The van der Waals surface area contributed by atoms with Crippen molar-refractivity contribution in [1.29, 1.82) is 0 Å².